The Morgan fingerprint density at radius 3 is 2.18 bits per heavy atom. The molecule has 0 aromatic heterocycles. The molecule has 0 saturated carbocycles. The Bertz CT molecular complexity index is 607. The fraction of sp³-hybridized carbons (Fsp3) is 0.278. The summed E-state index contributed by atoms with van der Waals surface area (Å²) >= 11 is 0. The number of carboxylic acid groups (broad SMARTS) is 1. The Morgan fingerprint density at radius 2 is 1.64 bits per heavy atom. The van der Waals surface area contributed by atoms with Crippen LogP contribution in [0, 0.1) is 0 Å². The van der Waals surface area contributed by atoms with Gasteiger partial charge in [-0.25, -0.2) is 0 Å². The zero-order valence-electron chi connectivity index (χ0n) is 12.7. The summed E-state index contributed by atoms with van der Waals surface area (Å²) < 4.78 is 11.2. The van der Waals surface area contributed by atoms with Crippen molar-refractivity contribution >= 4 is 5.97 Å². The van der Waals surface area contributed by atoms with Crippen LogP contribution in [0.1, 0.15) is 25.8 Å². The SMILES string of the molecule is CC[C@@](C)(Oc1ccc(OCc2ccccc2)cc1)C(=O)[O-]. The van der Waals surface area contributed by atoms with Gasteiger partial charge < -0.3 is 19.4 Å². The summed E-state index contributed by atoms with van der Waals surface area (Å²) in [6.45, 7) is 3.72. The molecule has 0 heterocycles. The van der Waals surface area contributed by atoms with Gasteiger partial charge in [0, 0.05) is 0 Å². The molecule has 0 aliphatic heterocycles. The van der Waals surface area contributed by atoms with Crippen molar-refractivity contribution in [2.24, 2.45) is 0 Å². The lowest BCUT2D eigenvalue weighted by Gasteiger charge is -2.30. The quantitative estimate of drug-likeness (QED) is 0.788. The zero-order valence-corrected chi connectivity index (χ0v) is 12.7. The number of benzene rings is 2. The molecule has 0 aliphatic rings. The summed E-state index contributed by atoms with van der Waals surface area (Å²) in [6.07, 6.45) is 0.321. The van der Waals surface area contributed by atoms with Crippen LogP contribution >= 0.6 is 0 Å². The van der Waals surface area contributed by atoms with Crippen molar-refractivity contribution in [3.63, 3.8) is 0 Å². The van der Waals surface area contributed by atoms with E-state index in [-0.39, 0.29) is 0 Å². The molecule has 116 valence electrons. The van der Waals surface area contributed by atoms with Crippen LogP contribution in [0.3, 0.4) is 0 Å². The summed E-state index contributed by atoms with van der Waals surface area (Å²) in [4.78, 5) is 11.1. The van der Waals surface area contributed by atoms with Crippen LogP contribution in [0.25, 0.3) is 0 Å². The Kier molecular flexibility index (Phi) is 5.04. The normalized spacial score (nSPS) is 13.2. The maximum Gasteiger partial charge on any atom is 0.145 e. The molecule has 0 N–H and O–H groups in total. The summed E-state index contributed by atoms with van der Waals surface area (Å²) in [5, 5.41) is 11.1. The third kappa shape index (κ3) is 4.01. The molecule has 1 atom stereocenters. The third-order valence-corrected chi connectivity index (χ3v) is 3.52. The molecule has 0 spiro atoms. The van der Waals surface area contributed by atoms with E-state index in [0.29, 0.717) is 24.5 Å². The fourth-order valence-electron chi connectivity index (χ4n) is 1.86. The molecule has 0 fully saturated rings. The topological polar surface area (TPSA) is 58.6 Å². The smallest absolute Gasteiger partial charge is 0.145 e. The minimum absolute atomic E-state index is 0.321. The number of aliphatic carboxylic acids is 1. The van der Waals surface area contributed by atoms with Gasteiger partial charge >= 0.3 is 0 Å². The van der Waals surface area contributed by atoms with E-state index in [9.17, 15) is 9.90 Å². The average Bonchev–Trinajstić information content (AvgIpc) is 2.55. The second-order valence-corrected chi connectivity index (χ2v) is 5.22. The lowest BCUT2D eigenvalue weighted by atomic mass is 10.0. The molecule has 22 heavy (non-hydrogen) atoms. The first-order valence-corrected chi connectivity index (χ1v) is 7.21. The first kappa shape index (κ1) is 15.9. The molecule has 2 rings (SSSR count). The molecule has 0 unspecified atom stereocenters. The Morgan fingerprint density at radius 1 is 1.05 bits per heavy atom. The summed E-state index contributed by atoms with van der Waals surface area (Å²) in [6, 6.07) is 16.7. The van der Waals surface area contributed by atoms with Crippen LogP contribution in [0.5, 0.6) is 11.5 Å². The van der Waals surface area contributed by atoms with Crippen molar-refractivity contribution in [1.29, 1.82) is 0 Å². The lowest BCUT2D eigenvalue weighted by molar-refractivity contribution is -0.321. The van der Waals surface area contributed by atoms with Gasteiger partial charge in [0.25, 0.3) is 0 Å². The molecule has 0 radical (unpaired) electrons. The van der Waals surface area contributed by atoms with Crippen LogP contribution in [0.15, 0.2) is 54.6 Å². The highest BCUT2D eigenvalue weighted by atomic mass is 16.5. The summed E-state index contributed by atoms with van der Waals surface area (Å²) in [5.74, 6) is -0.0529. The van der Waals surface area contributed by atoms with Gasteiger partial charge in [0.2, 0.25) is 0 Å². The number of hydrogen-bond acceptors (Lipinski definition) is 4. The highest BCUT2D eigenvalue weighted by Gasteiger charge is 2.25. The van der Waals surface area contributed by atoms with Crippen molar-refractivity contribution in [3.05, 3.63) is 60.2 Å². The first-order chi connectivity index (χ1) is 10.5. The van der Waals surface area contributed by atoms with Crippen LogP contribution in [-0.2, 0) is 11.4 Å². The number of carbonyl (C=O) groups is 1. The Hall–Kier alpha value is -2.49. The predicted octanol–water partition coefficient (Wildman–Crippen LogP) is 2.56. The molecule has 0 amide bonds. The van der Waals surface area contributed by atoms with Gasteiger partial charge in [-0.3, -0.25) is 0 Å². The Labute approximate surface area is 130 Å². The van der Waals surface area contributed by atoms with E-state index in [1.165, 1.54) is 6.92 Å². The number of carbonyl (C=O) groups excluding carboxylic acids is 1. The highest BCUT2D eigenvalue weighted by Crippen LogP contribution is 2.24. The largest absolute Gasteiger partial charge is 0.546 e. The lowest BCUT2D eigenvalue weighted by Crippen LogP contribution is -2.49. The van der Waals surface area contributed by atoms with Crippen LogP contribution < -0.4 is 14.6 Å². The van der Waals surface area contributed by atoms with E-state index in [2.05, 4.69) is 0 Å². The molecule has 2 aromatic carbocycles. The number of hydrogen-bond donors (Lipinski definition) is 0. The molecule has 4 heteroatoms. The molecule has 4 nitrogen and oxygen atoms in total. The molecule has 0 saturated heterocycles. The second kappa shape index (κ2) is 6.98. The highest BCUT2D eigenvalue weighted by molar-refractivity contribution is 5.75. The van der Waals surface area contributed by atoms with Gasteiger partial charge in [0.1, 0.15) is 23.7 Å². The Balaban J connectivity index is 1.97. The van der Waals surface area contributed by atoms with Gasteiger partial charge in [-0.1, -0.05) is 37.3 Å². The van der Waals surface area contributed by atoms with Crippen LogP contribution in [0.4, 0.5) is 0 Å². The number of carboxylic acids is 1. The van der Waals surface area contributed by atoms with Gasteiger partial charge in [0.15, 0.2) is 0 Å². The molecule has 0 aliphatic carbocycles. The van der Waals surface area contributed by atoms with E-state index in [0.717, 1.165) is 5.56 Å². The standard InChI is InChI=1S/C18H20O4/c1-3-18(2,17(19)20)22-16-11-9-15(10-12-16)21-13-14-7-5-4-6-8-14/h4-12H,3,13H2,1-2H3,(H,19,20)/p-1/t18-/m1/s1. The molecule has 2 aromatic rings. The summed E-state index contributed by atoms with van der Waals surface area (Å²) in [5.41, 5.74) is -0.245. The third-order valence-electron chi connectivity index (χ3n) is 3.52. The van der Waals surface area contributed by atoms with Crippen LogP contribution in [-0.4, -0.2) is 11.6 Å². The average molecular weight is 299 g/mol. The number of ether oxygens (including phenoxy) is 2. The first-order valence-electron chi connectivity index (χ1n) is 7.21. The maximum absolute atomic E-state index is 11.1. The van der Waals surface area contributed by atoms with E-state index in [4.69, 9.17) is 9.47 Å². The predicted molar refractivity (Wildman–Crippen MR) is 81.5 cm³/mol. The van der Waals surface area contributed by atoms with E-state index in [1.807, 2.05) is 30.3 Å². The van der Waals surface area contributed by atoms with Crippen molar-refractivity contribution in [2.75, 3.05) is 0 Å². The monoisotopic (exact) mass is 299 g/mol. The van der Waals surface area contributed by atoms with Crippen molar-refractivity contribution in [2.45, 2.75) is 32.5 Å². The van der Waals surface area contributed by atoms with E-state index in [1.54, 1.807) is 31.2 Å². The fourth-order valence-corrected chi connectivity index (χ4v) is 1.86. The molecule has 0 bridgehead atoms. The minimum atomic E-state index is -1.33. The van der Waals surface area contributed by atoms with Gasteiger partial charge in [-0.2, -0.15) is 0 Å². The summed E-state index contributed by atoms with van der Waals surface area (Å²) in [7, 11) is 0. The molecular weight excluding hydrogens is 280 g/mol. The molecular formula is C18H19O4-. The maximum atomic E-state index is 11.1. The van der Waals surface area contributed by atoms with Crippen molar-refractivity contribution < 1.29 is 19.4 Å². The van der Waals surface area contributed by atoms with E-state index < -0.39 is 11.6 Å². The van der Waals surface area contributed by atoms with Crippen molar-refractivity contribution in [1.82, 2.24) is 0 Å². The van der Waals surface area contributed by atoms with Gasteiger partial charge in [-0.15, -0.1) is 0 Å². The van der Waals surface area contributed by atoms with Gasteiger partial charge in [-0.05, 0) is 43.2 Å². The van der Waals surface area contributed by atoms with Crippen molar-refractivity contribution in [3.8, 4) is 11.5 Å². The second-order valence-electron chi connectivity index (χ2n) is 5.22. The number of rotatable bonds is 7. The van der Waals surface area contributed by atoms with Gasteiger partial charge in [0.05, 0.1) is 5.97 Å². The van der Waals surface area contributed by atoms with Crippen LogP contribution in [0.2, 0.25) is 0 Å². The zero-order chi connectivity index (χ0) is 16.0. The van der Waals surface area contributed by atoms with E-state index >= 15 is 0 Å². The minimum Gasteiger partial charge on any atom is -0.546 e.